The zero-order valence-electron chi connectivity index (χ0n) is 16.3. The van der Waals surface area contributed by atoms with Gasteiger partial charge in [0.25, 0.3) is 11.7 Å². The first-order valence-electron chi connectivity index (χ1n) is 8.59. The van der Waals surface area contributed by atoms with Crippen LogP contribution in [-0.2, 0) is 20.7 Å². The second-order valence-electron chi connectivity index (χ2n) is 6.28. The summed E-state index contributed by atoms with van der Waals surface area (Å²) in [6, 6.07) is -0.821. The molecule has 3 amide bonds. The first-order valence-corrected chi connectivity index (χ1v) is 9.47. The van der Waals surface area contributed by atoms with Gasteiger partial charge in [0, 0.05) is 23.9 Å². The van der Waals surface area contributed by atoms with Crippen LogP contribution in [0, 0.1) is 13.8 Å². The van der Waals surface area contributed by atoms with Crippen molar-refractivity contribution in [2.24, 2.45) is 0 Å². The van der Waals surface area contributed by atoms with Crippen molar-refractivity contribution in [1.82, 2.24) is 20.6 Å². The number of nitrogens with one attached hydrogen (secondary N) is 2. The predicted molar refractivity (Wildman–Crippen MR) is 99.1 cm³/mol. The highest BCUT2D eigenvalue weighted by atomic mass is 32.2. The van der Waals surface area contributed by atoms with Gasteiger partial charge >= 0.3 is 12.0 Å². The number of esters is 1. The minimum atomic E-state index is -2.62. The van der Waals surface area contributed by atoms with E-state index in [1.807, 2.05) is 0 Å². The normalized spacial score (nSPS) is 12.0. The first-order chi connectivity index (χ1) is 13.0. The summed E-state index contributed by atoms with van der Waals surface area (Å²) in [7, 11) is 0. The number of aryl methyl sites for hydroxylation is 2. The van der Waals surface area contributed by atoms with E-state index in [1.165, 1.54) is 6.92 Å². The molecule has 0 saturated heterocycles. The standard InChI is InChI=1S/C17H24F2N4O4S/c1-8(2)20-16(26)23-14(25)11(5)27-13(24)7-6-12-9(3)21-17(22-10(12)4)28-15(18)19/h8,11,15H,6-7H2,1-5H3,(H2,20,23,25,26)/t11-/m0/s1. The lowest BCUT2D eigenvalue weighted by Crippen LogP contribution is -2.46. The Morgan fingerprint density at radius 1 is 1.11 bits per heavy atom. The van der Waals surface area contributed by atoms with E-state index in [0.29, 0.717) is 17.0 Å². The van der Waals surface area contributed by atoms with Gasteiger partial charge in [-0.05, 0) is 58.4 Å². The van der Waals surface area contributed by atoms with Crippen LogP contribution in [0.3, 0.4) is 0 Å². The highest BCUT2D eigenvalue weighted by Gasteiger charge is 2.21. The van der Waals surface area contributed by atoms with Crippen LogP contribution < -0.4 is 10.6 Å². The fourth-order valence-corrected chi connectivity index (χ4v) is 2.79. The summed E-state index contributed by atoms with van der Waals surface area (Å²) in [6.07, 6.45) is -0.964. The van der Waals surface area contributed by atoms with Gasteiger partial charge in [-0.1, -0.05) is 0 Å². The summed E-state index contributed by atoms with van der Waals surface area (Å²) in [5, 5.41) is 4.54. The number of hydrogen-bond donors (Lipinski definition) is 2. The number of nitrogens with zero attached hydrogens (tertiary/aromatic N) is 2. The van der Waals surface area contributed by atoms with Gasteiger partial charge in [-0.15, -0.1) is 0 Å². The van der Waals surface area contributed by atoms with E-state index in [-0.39, 0.29) is 35.8 Å². The highest BCUT2D eigenvalue weighted by Crippen LogP contribution is 2.24. The number of carbonyl (C=O) groups is 3. The minimum absolute atomic E-state index is 0.0266. The zero-order valence-corrected chi connectivity index (χ0v) is 17.2. The van der Waals surface area contributed by atoms with E-state index < -0.39 is 29.8 Å². The number of ether oxygens (including phenoxy) is 1. The van der Waals surface area contributed by atoms with Gasteiger partial charge in [-0.25, -0.2) is 14.8 Å². The van der Waals surface area contributed by atoms with Gasteiger partial charge in [-0.3, -0.25) is 14.9 Å². The molecule has 8 nitrogen and oxygen atoms in total. The number of imide groups is 1. The lowest BCUT2D eigenvalue weighted by Gasteiger charge is -2.15. The van der Waals surface area contributed by atoms with Crippen LogP contribution >= 0.6 is 11.8 Å². The number of alkyl halides is 2. The molecule has 1 aromatic heterocycles. The maximum atomic E-state index is 12.4. The number of halogens is 2. The van der Waals surface area contributed by atoms with Crippen molar-refractivity contribution in [3.63, 3.8) is 0 Å². The Morgan fingerprint density at radius 2 is 1.68 bits per heavy atom. The van der Waals surface area contributed by atoms with E-state index >= 15 is 0 Å². The molecular weight excluding hydrogens is 394 g/mol. The predicted octanol–water partition coefficient (Wildman–Crippen LogP) is 2.51. The number of thioether (sulfide) groups is 1. The van der Waals surface area contributed by atoms with Crippen LogP contribution in [0.5, 0.6) is 0 Å². The van der Waals surface area contributed by atoms with Gasteiger partial charge in [0.1, 0.15) is 0 Å². The molecular formula is C17H24F2N4O4S. The Labute approximate surface area is 166 Å². The van der Waals surface area contributed by atoms with Crippen molar-refractivity contribution in [2.75, 3.05) is 0 Å². The summed E-state index contributed by atoms with van der Waals surface area (Å²) >= 11 is 0.255. The third-order valence-corrected chi connectivity index (χ3v) is 4.08. The molecule has 1 aromatic rings. The molecule has 156 valence electrons. The summed E-state index contributed by atoms with van der Waals surface area (Å²) in [4.78, 5) is 43.3. The number of amides is 3. The van der Waals surface area contributed by atoms with Gasteiger partial charge in [-0.2, -0.15) is 8.78 Å². The monoisotopic (exact) mass is 418 g/mol. The molecule has 0 saturated carbocycles. The molecule has 2 N–H and O–H groups in total. The fourth-order valence-electron chi connectivity index (χ4n) is 2.25. The molecule has 0 aliphatic rings. The molecule has 0 aliphatic carbocycles. The van der Waals surface area contributed by atoms with Gasteiger partial charge in [0.2, 0.25) is 0 Å². The number of carbonyl (C=O) groups excluding carboxylic acids is 3. The van der Waals surface area contributed by atoms with E-state index in [9.17, 15) is 23.2 Å². The van der Waals surface area contributed by atoms with E-state index in [2.05, 4.69) is 20.6 Å². The van der Waals surface area contributed by atoms with Crippen molar-refractivity contribution in [1.29, 1.82) is 0 Å². The first kappa shape index (κ1) is 23.7. The van der Waals surface area contributed by atoms with Crippen LogP contribution in [0.25, 0.3) is 0 Å². The smallest absolute Gasteiger partial charge is 0.321 e. The van der Waals surface area contributed by atoms with Gasteiger partial charge < -0.3 is 10.1 Å². The summed E-state index contributed by atoms with van der Waals surface area (Å²) in [5.74, 6) is -4.00. The lowest BCUT2D eigenvalue weighted by molar-refractivity contribution is -0.154. The Balaban J connectivity index is 2.58. The average molecular weight is 418 g/mol. The van der Waals surface area contributed by atoms with E-state index in [0.717, 1.165) is 0 Å². The second kappa shape index (κ2) is 10.9. The topological polar surface area (TPSA) is 110 Å². The average Bonchev–Trinajstić information content (AvgIpc) is 2.52. The van der Waals surface area contributed by atoms with Crippen LogP contribution in [0.2, 0.25) is 0 Å². The van der Waals surface area contributed by atoms with Crippen molar-refractivity contribution >= 4 is 29.7 Å². The molecule has 11 heteroatoms. The third kappa shape index (κ3) is 8.15. The molecule has 0 radical (unpaired) electrons. The highest BCUT2D eigenvalue weighted by molar-refractivity contribution is 7.99. The molecule has 28 heavy (non-hydrogen) atoms. The van der Waals surface area contributed by atoms with Crippen LogP contribution in [0.4, 0.5) is 13.6 Å². The third-order valence-electron chi connectivity index (χ3n) is 3.51. The van der Waals surface area contributed by atoms with Crippen LogP contribution in [0.1, 0.15) is 44.1 Å². The Bertz CT molecular complexity index is 708. The maximum absolute atomic E-state index is 12.4. The molecule has 0 aromatic carbocycles. The van der Waals surface area contributed by atoms with Crippen molar-refractivity contribution in [3.05, 3.63) is 17.0 Å². The zero-order chi connectivity index (χ0) is 21.4. The van der Waals surface area contributed by atoms with Crippen LogP contribution in [-0.4, -0.2) is 45.8 Å². The van der Waals surface area contributed by atoms with Crippen molar-refractivity contribution in [3.8, 4) is 0 Å². The van der Waals surface area contributed by atoms with Gasteiger partial charge in [0.15, 0.2) is 11.3 Å². The fraction of sp³-hybridized carbons (Fsp3) is 0.588. The Kier molecular flexibility index (Phi) is 9.23. The quantitative estimate of drug-likeness (QED) is 0.379. The second-order valence-corrected chi connectivity index (χ2v) is 7.24. The molecule has 1 atom stereocenters. The lowest BCUT2D eigenvalue weighted by atomic mass is 10.1. The summed E-state index contributed by atoms with van der Waals surface area (Å²) in [6.45, 7) is 8.12. The van der Waals surface area contributed by atoms with Gasteiger partial charge in [0.05, 0.1) is 0 Å². The van der Waals surface area contributed by atoms with Crippen molar-refractivity contribution < 1.29 is 27.9 Å². The summed E-state index contributed by atoms with van der Waals surface area (Å²) < 4.78 is 29.9. The van der Waals surface area contributed by atoms with E-state index in [4.69, 9.17) is 4.74 Å². The number of urea groups is 1. The SMILES string of the molecule is Cc1nc(SC(F)F)nc(C)c1CCC(=O)O[C@@H](C)C(=O)NC(=O)NC(C)C. The van der Waals surface area contributed by atoms with Crippen LogP contribution in [0.15, 0.2) is 5.16 Å². The Hall–Kier alpha value is -2.30. The molecule has 1 heterocycles. The molecule has 0 spiro atoms. The largest absolute Gasteiger partial charge is 0.453 e. The maximum Gasteiger partial charge on any atom is 0.321 e. The van der Waals surface area contributed by atoms with Crippen molar-refractivity contribution in [2.45, 2.75) is 70.5 Å². The Morgan fingerprint density at radius 3 is 2.18 bits per heavy atom. The molecule has 0 fully saturated rings. The molecule has 0 aliphatic heterocycles. The number of aromatic nitrogens is 2. The number of rotatable bonds is 8. The molecule has 1 rings (SSSR count). The number of hydrogen-bond acceptors (Lipinski definition) is 7. The molecule has 0 bridgehead atoms. The summed E-state index contributed by atoms with van der Waals surface area (Å²) in [5.41, 5.74) is 1.66. The molecule has 0 unspecified atom stereocenters. The minimum Gasteiger partial charge on any atom is -0.453 e. The van der Waals surface area contributed by atoms with E-state index in [1.54, 1.807) is 27.7 Å².